The van der Waals surface area contributed by atoms with Crippen LogP contribution in [0.15, 0.2) is 18.5 Å². The van der Waals surface area contributed by atoms with Crippen LogP contribution in [0.25, 0.3) is 5.65 Å². The molecule has 0 spiro atoms. The van der Waals surface area contributed by atoms with Gasteiger partial charge in [-0.2, -0.15) is 5.10 Å². The minimum absolute atomic E-state index is 0.00442. The molecule has 2 aromatic rings. The highest BCUT2D eigenvalue weighted by molar-refractivity contribution is 5.99. The van der Waals surface area contributed by atoms with Crippen LogP contribution >= 0.6 is 0 Å². The van der Waals surface area contributed by atoms with Gasteiger partial charge in [-0.1, -0.05) is 0 Å². The van der Waals surface area contributed by atoms with Gasteiger partial charge in [0.05, 0.1) is 24.4 Å². The summed E-state index contributed by atoms with van der Waals surface area (Å²) in [6.45, 7) is 2.68. The first kappa shape index (κ1) is 17.9. The van der Waals surface area contributed by atoms with Gasteiger partial charge in [-0.05, 0) is 25.3 Å². The van der Waals surface area contributed by atoms with Gasteiger partial charge >= 0.3 is 0 Å². The molecule has 8 nitrogen and oxygen atoms in total. The lowest BCUT2D eigenvalue weighted by molar-refractivity contribution is -0.136. The zero-order valence-corrected chi connectivity index (χ0v) is 15.8. The number of hydrogen-bond acceptors (Lipinski definition) is 5. The number of nitrogens with zero attached hydrogens (tertiary/aromatic N) is 5. The third kappa shape index (κ3) is 3.29. The molecule has 144 valence electrons. The predicted molar refractivity (Wildman–Crippen MR) is 98.5 cm³/mol. The van der Waals surface area contributed by atoms with E-state index in [1.807, 2.05) is 11.0 Å². The summed E-state index contributed by atoms with van der Waals surface area (Å²) in [6.07, 6.45) is 6.06. The molecule has 2 aliphatic heterocycles. The molecule has 4 rings (SSSR count). The number of carbonyl (C=O) groups excluding carboxylic acids is 2. The maximum absolute atomic E-state index is 12.8. The molecule has 27 heavy (non-hydrogen) atoms. The molecule has 0 N–H and O–H groups in total. The average molecular weight is 371 g/mol. The van der Waals surface area contributed by atoms with Gasteiger partial charge in [-0.25, -0.2) is 9.50 Å². The number of likely N-dealkylation sites (tertiary alicyclic amines) is 1. The van der Waals surface area contributed by atoms with E-state index in [0.29, 0.717) is 31.0 Å². The second kappa shape index (κ2) is 7.26. The predicted octanol–water partition coefficient (Wildman–Crippen LogP) is 1.17. The van der Waals surface area contributed by atoms with Crippen LogP contribution in [0.1, 0.15) is 41.2 Å². The highest BCUT2D eigenvalue weighted by Crippen LogP contribution is 2.29. The molecule has 2 amide bonds. The van der Waals surface area contributed by atoms with E-state index in [9.17, 15) is 9.59 Å². The molecule has 2 aliphatic rings. The highest BCUT2D eigenvalue weighted by Gasteiger charge is 2.32. The van der Waals surface area contributed by atoms with Gasteiger partial charge in [0.25, 0.3) is 5.91 Å². The van der Waals surface area contributed by atoms with Gasteiger partial charge in [0.15, 0.2) is 5.65 Å². The van der Waals surface area contributed by atoms with Gasteiger partial charge in [0.2, 0.25) is 5.91 Å². The molecule has 2 aromatic heterocycles. The average Bonchev–Trinajstić information content (AvgIpc) is 3.36. The largest absolute Gasteiger partial charge is 0.381 e. The quantitative estimate of drug-likeness (QED) is 0.809. The molecule has 2 atom stereocenters. The molecule has 0 aromatic carbocycles. The van der Waals surface area contributed by atoms with Crippen LogP contribution in [0.5, 0.6) is 0 Å². The van der Waals surface area contributed by atoms with Crippen LogP contribution < -0.4 is 0 Å². The fraction of sp³-hybridized carbons (Fsp3) is 0.579. The fourth-order valence-corrected chi connectivity index (χ4v) is 4.02. The zero-order chi connectivity index (χ0) is 19.0. The summed E-state index contributed by atoms with van der Waals surface area (Å²) < 4.78 is 7.13. The first-order valence-corrected chi connectivity index (χ1v) is 9.47. The monoisotopic (exact) mass is 371 g/mol. The molecule has 0 saturated carbocycles. The second-order valence-corrected chi connectivity index (χ2v) is 7.55. The maximum atomic E-state index is 12.8. The van der Waals surface area contributed by atoms with Crippen LogP contribution in [0.3, 0.4) is 0 Å². The Labute approximate surface area is 158 Å². The third-order valence-corrected chi connectivity index (χ3v) is 5.50. The molecule has 0 aliphatic carbocycles. The van der Waals surface area contributed by atoms with Crippen molar-refractivity contribution in [3.8, 4) is 0 Å². The van der Waals surface area contributed by atoms with Crippen molar-refractivity contribution in [1.29, 1.82) is 0 Å². The van der Waals surface area contributed by atoms with Crippen LogP contribution in [-0.2, 0) is 9.53 Å². The summed E-state index contributed by atoms with van der Waals surface area (Å²) in [6, 6.07) is 1.95. The minimum atomic E-state index is -0.115. The molecular weight excluding hydrogens is 346 g/mol. The van der Waals surface area contributed by atoms with Gasteiger partial charge in [-0.15, -0.1) is 0 Å². The van der Waals surface area contributed by atoms with Gasteiger partial charge in [0.1, 0.15) is 5.56 Å². The molecule has 0 bridgehead atoms. The van der Waals surface area contributed by atoms with Gasteiger partial charge < -0.3 is 14.5 Å². The van der Waals surface area contributed by atoms with E-state index < -0.39 is 0 Å². The lowest BCUT2D eigenvalue weighted by atomic mass is 9.93. The standard InChI is InChI=1S/C19H25N5O3/c1-22(2)19(26)15-10-21-24-16(5-7-20-17(15)24)13-4-3-8-23(11-13)18(25)14-6-9-27-12-14/h5,7,10,13-14H,3-4,6,8-9,11-12H2,1-2H3. The SMILES string of the molecule is CN(C)C(=O)c1cnn2c(C3CCCN(C(=O)C4CCOC4)C3)ccnc12. The van der Waals surface area contributed by atoms with Crippen LogP contribution in [0.2, 0.25) is 0 Å². The number of hydrogen-bond donors (Lipinski definition) is 0. The molecule has 0 radical (unpaired) electrons. The highest BCUT2D eigenvalue weighted by atomic mass is 16.5. The van der Waals surface area contributed by atoms with E-state index in [1.165, 1.54) is 4.90 Å². The van der Waals surface area contributed by atoms with Crippen LogP contribution in [0.4, 0.5) is 0 Å². The first-order chi connectivity index (χ1) is 13.1. The Morgan fingerprint density at radius 1 is 1.30 bits per heavy atom. The van der Waals surface area contributed by atoms with Crippen molar-refractivity contribution >= 4 is 17.5 Å². The van der Waals surface area contributed by atoms with Crippen LogP contribution in [-0.4, -0.2) is 76.6 Å². The lowest BCUT2D eigenvalue weighted by Gasteiger charge is -2.34. The van der Waals surface area contributed by atoms with E-state index in [2.05, 4.69) is 10.1 Å². The summed E-state index contributed by atoms with van der Waals surface area (Å²) >= 11 is 0. The third-order valence-electron chi connectivity index (χ3n) is 5.50. The summed E-state index contributed by atoms with van der Waals surface area (Å²) in [4.78, 5) is 33.0. The summed E-state index contributed by atoms with van der Waals surface area (Å²) in [5.74, 6) is 0.260. The fourth-order valence-electron chi connectivity index (χ4n) is 4.02. The van der Waals surface area contributed by atoms with E-state index >= 15 is 0 Å². The number of ether oxygens (including phenoxy) is 1. The lowest BCUT2D eigenvalue weighted by Crippen LogP contribution is -2.42. The van der Waals surface area contributed by atoms with Crippen molar-refractivity contribution < 1.29 is 14.3 Å². The second-order valence-electron chi connectivity index (χ2n) is 7.55. The topological polar surface area (TPSA) is 80.0 Å². The van der Waals surface area contributed by atoms with Crippen molar-refractivity contribution in [2.45, 2.75) is 25.2 Å². The smallest absolute Gasteiger partial charge is 0.258 e. The minimum Gasteiger partial charge on any atom is -0.381 e. The molecular formula is C19H25N5O3. The normalized spacial score (nSPS) is 23.0. The molecule has 2 unspecified atom stereocenters. The molecule has 2 fully saturated rings. The van der Waals surface area contributed by atoms with E-state index in [-0.39, 0.29) is 23.7 Å². The number of carbonyl (C=O) groups is 2. The Bertz CT molecular complexity index is 856. The number of fused-ring (bicyclic) bond motifs is 1. The molecule has 2 saturated heterocycles. The Kier molecular flexibility index (Phi) is 4.82. The first-order valence-electron chi connectivity index (χ1n) is 9.47. The molecule has 8 heteroatoms. The van der Waals surface area contributed by atoms with Crippen molar-refractivity contribution in [2.24, 2.45) is 5.92 Å². The van der Waals surface area contributed by atoms with Crippen molar-refractivity contribution in [1.82, 2.24) is 24.4 Å². The maximum Gasteiger partial charge on any atom is 0.258 e. The Morgan fingerprint density at radius 3 is 2.89 bits per heavy atom. The van der Waals surface area contributed by atoms with Crippen molar-refractivity contribution in [3.05, 3.63) is 29.7 Å². The van der Waals surface area contributed by atoms with Crippen molar-refractivity contribution in [2.75, 3.05) is 40.4 Å². The summed E-state index contributed by atoms with van der Waals surface area (Å²) in [5, 5.41) is 4.43. The zero-order valence-electron chi connectivity index (χ0n) is 15.8. The van der Waals surface area contributed by atoms with E-state index in [4.69, 9.17) is 4.74 Å². The van der Waals surface area contributed by atoms with Crippen LogP contribution in [0, 0.1) is 5.92 Å². The van der Waals surface area contributed by atoms with Crippen molar-refractivity contribution in [3.63, 3.8) is 0 Å². The number of piperidine rings is 1. The van der Waals surface area contributed by atoms with Gasteiger partial charge in [0, 0.05) is 45.9 Å². The Morgan fingerprint density at radius 2 is 2.15 bits per heavy atom. The number of aromatic nitrogens is 3. The number of amides is 2. The number of rotatable bonds is 3. The van der Waals surface area contributed by atoms with E-state index in [0.717, 1.165) is 31.5 Å². The van der Waals surface area contributed by atoms with Gasteiger partial charge in [-0.3, -0.25) is 9.59 Å². The molecule has 4 heterocycles. The Hall–Kier alpha value is -2.48. The van der Waals surface area contributed by atoms with E-state index in [1.54, 1.807) is 31.0 Å². The summed E-state index contributed by atoms with van der Waals surface area (Å²) in [7, 11) is 3.43. The Balaban J connectivity index is 1.60. The summed E-state index contributed by atoms with van der Waals surface area (Å²) in [5.41, 5.74) is 2.06.